The summed E-state index contributed by atoms with van der Waals surface area (Å²) >= 11 is 0. The Hall–Kier alpha value is -1.11. The topological polar surface area (TPSA) is 58.6 Å². The Morgan fingerprint density at radius 2 is 2.00 bits per heavy atom. The van der Waals surface area contributed by atoms with Crippen LogP contribution in [0, 0.1) is 0 Å². The number of rotatable bonds is 5. The molecule has 0 bridgehead atoms. The maximum absolute atomic E-state index is 11.6. The molecule has 0 aromatic heterocycles. The summed E-state index contributed by atoms with van der Waals surface area (Å²) in [5.74, 6) is 0.435. The fourth-order valence-corrected chi connectivity index (χ4v) is 3.22. The number of piperazine rings is 1. The fourth-order valence-electron chi connectivity index (χ4n) is 2.40. The molecule has 1 aliphatic heterocycles. The normalized spacial score (nSPS) is 17.1. The zero-order chi connectivity index (χ0) is 14.6. The van der Waals surface area contributed by atoms with Crippen LogP contribution in [0.25, 0.3) is 0 Å². The van der Waals surface area contributed by atoms with Crippen LogP contribution in [0.15, 0.2) is 23.1 Å². The SMILES string of the molecule is COc1cc(CCN2CCNCC2)ccc1S(C)(=O)=O. The van der Waals surface area contributed by atoms with Gasteiger partial charge in [0.15, 0.2) is 9.84 Å². The van der Waals surface area contributed by atoms with Crippen molar-refractivity contribution in [1.29, 1.82) is 0 Å². The van der Waals surface area contributed by atoms with Gasteiger partial charge in [-0.3, -0.25) is 0 Å². The Morgan fingerprint density at radius 3 is 2.60 bits per heavy atom. The molecule has 1 fully saturated rings. The molecule has 0 unspecified atom stereocenters. The molecule has 1 heterocycles. The highest BCUT2D eigenvalue weighted by Gasteiger charge is 2.15. The van der Waals surface area contributed by atoms with Gasteiger partial charge in [-0.1, -0.05) is 6.07 Å². The first-order valence-electron chi connectivity index (χ1n) is 6.81. The maximum atomic E-state index is 11.6. The van der Waals surface area contributed by atoms with Crippen molar-refractivity contribution in [1.82, 2.24) is 10.2 Å². The van der Waals surface area contributed by atoms with Crippen LogP contribution in [0.5, 0.6) is 5.75 Å². The minimum Gasteiger partial charge on any atom is -0.495 e. The third-order valence-electron chi connectivity index (χ3n) is 3.55. The average molecular weight is 298 g/mol. The van der Waals surface area contributed by atoms with E-state index in [4.69, 9.17) is 4.74 Å². The predicted molar refractivity (Wildman–Crippen MR) is 79.1 cm³/mol. The molecule has 1 aromatic carbocycles. The number of nitrogens with one attached hydrogen (secondary N) is 1. The highest BCUT2D eigenvalue weighted by Crippen LogP contribution is 2.25. The van der Waals surface area contributed by atoms with E-state index in [1.807, 2.05) is 12.1 Å². The molecular formula is C14H22N2O3S. The van der Waals surface area contributed by atoms with Crippen molar-refractivity contribution in [3.05, 3.63) is 23.8 Å². The van der Waals surface area contributed by atoms with Crippen molar-refractivity contribution in [2.24, 2.45) is 0 Å². The second kappa shape index (κ2) is 6.56. The zero-order valence-electron chi connectivity index (χ0n) is 12.1. The average Bonchev–Trinajstić information content (AvgIpc) is 2.45. The van der Waals surface area contributed by atoms with Gasteiger partial charge < -0.3 is 15.0 Å². The molecule has 0 radical (unpaired) electrons. The first-order valence-corrected chi connectivity index (χ1v) is 8.70. The number of nitrogens with zero attached hydrogens (tertiary/aromatic N) is 1. The fraction of sp³-hybridized carbons (Fsp3) is 0.571. The standard InChI is InChI=1S/C14H22N2O3S/c1-19-13-11-12(3-4-14(13)20(2,17)18)5-8-16-9-6-15-7-10-16/h3-4,11,15H,5-10H2,1-2H3. The molecule has 1 aliphatic rings. The zero-order valence-corrected chi connectivity index (χ0v) is 12.9. The molecule has 0 amide bonds. The smallest absolute Gasteiger partial charge is 0.179 e. The summed E-state index contributed by atoms with van der Waals surface area (Å²) < 4.78 is 28.5. The van der Waals surface area contributed by atoms with E-state index in [0.29, 0.717) is 5.75 Å². The summed E-state index contributed by atoms with van der Waals surface area (Å²) in [5, 5.41) is 3.33. The van der Waals surface area contributed by atoms with Crippen molar-refractivity contribution in [3.63, 3.8) is 0 Å². The Kier molecular flexibility index (Phi) is 5.01. The van der Waals surface area contributed by atoms with E-state index in [0.717, 1.165) is 44.7 Å². The Labute approximate surface area is 120 Å². The molecule has 112 valence electrons. The van der Waals surface area contributed by atoms with Crippen LogP contribution in [0.4, 0.5) is 0 Å². The molecule has 0 atom stereocenters. The van der Waals surface area contributed by atoms with Crippen LogP contribution >= 0.6 is 0 Å². The summed E-state index contributed by atoms with van der Waals surface area (Å²) in [6.07, 6.45) is 2.10. The lowest BCUT2D eigenvalue weighted by molar-refractivity contribution is 0.244. The Morgan fingerprint density at radius 1 is 1.30 bits per heavy atom. The molecule has 1 saturated heterocycles. The summed E-state index contributed by atoms with van der Waals surface area (Å²) in [5.41, 5.74) is 1.10. The lowest BCUT2D eigenvalue weighted by Crippen LogP contribution is -2.44. The Balaban J connectivity index is 2.05. The minimum absolute atomic E-state index is 0.255. The van der Waals surface area contributed by atoms with Crippen LogP contribution in [-0.2, 0) is 16.3 Å². The van der Waals surface area contributed by atoms with E-state index in [1.165, 1.54) is 13.4 Å². The van der Waals surface area contributed by atoms with Crippen LogP contribution in [0.3, 0.4) is 0 Å². The van der Waals surface area contributed by atoms with Crippen molar-refractivity contribution >= 4 is 9.84 Å². The quantitative estimate of drug-likeness (QED) is 0.860. The van der Waals surface area contributed by atoms with Gasteiger partial charge in [0.2, 0.25) is 0 Å². The lowest BCUT2D eigenvalue weighted by atomic mass is 10.1. The third kappa shape index (κ3) is 3.94. The van der Waals surface area contributed by atoms with Gasteiger partial charge in [-0.2, -0.15) is 0 Å². The number of sulfone groups is 1. The summed E-state index contributed by atoms with van der Waals surface area (Å²) in [6, 6.07) is 5.35. The van der Waals surface area contributed by atoms with Crippen LogP contribution in [0.1, 0.15) is 5.56 Å². The molecule has 20 heavy (non-hydrogen) atoms. The van der Waals surface area contributed by atoms with E-state index >= 15 is 0 Å². The van der Waals surface area contributed by atoms with E-state index in [9.17, 15) is 8.42 Å². The van der Waals surface area contributed by atoms with Gasteiger partial charge in [-0.05, 0) is 24.1 Å². The van der Waals surface area contributed by atoms with Gasteiger partial charge >= 0.3 is 0 Å². The largest absolute Gasteiger partial charge is 0.495 e. The van der Waals surface area contributed by atoms with Crippen LogP contribution in [-0.4, -0.2) is 59.4 Å². The molecule has 0 saturated carbocycles. The van der Waals surface area contributed by atoms with Crippen molar-refractivity contribution < 1.29 is 13.2 Å². The second-order valence-corrected chi connectivity index (χ2v) is 7.08. The number of methoxy groups -OCH3 is 1. The molecule has 6 heteroatoms. The van der Waals surface area contributed by atoms with E-state index < -0.39 is 9.84 Å². The Bertz CT molecular complexity index is 552. The number of benzene rings is 1. The van der Waals surface area contributed by atoms with Gasteiger partial charge in [0, 0.05) is 39.0 Å². The highest BCUT2D eigenvalue weighted by atomic mass is 32.2. The lowest BCUT2D eigenvalue weighted by Gasteiger charge is -2.27. The highest BCUT2D eigenvalue weighted by molar-refractivity contribution is 7.90. The van der Waals surface area contributed by atoms with Crippen molar-refractivity contribution in [3.8, 4) is 5.75 Å². The van der Waals surface area contributed by atoms with Crippen molar-refractivity contribution in [2.45, 2.75) is 11.3 Å². The molecule has 2 rings (SSSR count). The first kappa shape index (κ1) is 15.3. The van der Waals surface area contributed by atoms with E-state index in [-0.39, 0.29) is 4.90 Å². The van der Waals surface area contributed by atoms with Gasteiger partial charge in [-0.25, -0.2) is 8.42 Å². The second-order valence-electron chi connectivity index (χ2n) is 5.10. The molecule has 0 spiro atoms. The van der Waals surface area contributed by atoms with Gasteiger partial charge in [-0.15, -0.1) is 0 Å². The maximum Gasteiger partial charge on any atom is 0.179 e. The van der Waals surface area contributed by atoms with E-state index in [2.05, 4.69) is 10.2 Å². The monoisotopic (exact) mass is 298 g/mol. The van der Waals surface area contributed by atoms with Gasteiger partial charge in [0.1, 0.15) is 10.6 Å². The van der Waals surface area contributed by atoms with Crippen LogP contribution in [0.2, 0.25) is 0 Å². The van der Waals surface area contributed by atoms with Crippen LogP contribution < -0.4 is 10.1 Å². The number of hydrogen-bond donors (Lipinski definition) is 1. The number of ether oxygens (including phenoxy) is 1. The summed E-state index contributed by atoms with van der Waals surface area (Å²) in [4.78, 5) is 2.67. The van der Waals surface area contributed by atoms with Crippen molar-refractivity contribution in [2.75, 3.05) is 46.1 Å². The summed E-state index contributed by atoms with van der Waals surface area (Å²) in [6.45, 7) is 5.20. The minimum atomic E-state index is -3.24. The molecule has 1 aromatic rings. The predicted octanol–water partition coefficient (Wildman–Crippen LogP) is 0.546. The summed E-state index contributed by atoms with van der Waals surface area (Å²) in [7, 11) is -1.74. The first-order chi connectivity index (χ1) is 9.50. The number of hydrogen-bond acceptors (Lipinski definition) is 5. The van der Waals surface area contributed by atoms with Gasteiger partial charge in [0.05, 0.1) is 7.11 Å². The molecule has 1 N–H and O–H groups in total. The van der Waals surface area contributed by atoms with E-state index in [1.54, 1.807) is 6.07 Å². The molecule has 0 aliphatic carbocycles. The third-order valence-corrected chi connectivity index (χ3v) is 4.69. The van der Waals surface area contributed by atoms with Gasteiger partial charge in [0.25, 0.3) is 0 Å². The molecule has 5 nitrogen and oxygen atoms in total. The molecular weight excluding hydrogens is 276 g/mol.